The lowest BCUT2D eigenvalue weighted by Crippen LogP contribution is -2.34. The van der Waals surface area contributed by atoms with Crippen LogP contribution < -0.4 is 10.1 Å². The van der Waals surface area contributed by atoms with Gasteiger partial charge in [0.1, 0.15) is 5.75 Å². The Kier molecular flexibility index (Phi) is 11.7. The Hall–Kier alpha value is 0.1000. The molecule has 1 aromatic carbocycles. The molecule has 0 aromatic heterocycles. The van der Waals surface area contributed by atoms with Crippen molar-refractivity contribution in [1.29, 1.82) is 0 Å². The van der Waals surface area contributed by atoms with Crippen molar-refractivity contribution in [3.05, 3.63) is 29.8 Å². The smallest absolute Gasteiger partial charge is 0.209 e. The minimum atomic E-state index is -1.40. The Bertz CT molecular complexity index is 419. The Labute approximate surface area is 161 Å². The van der Waals surface area contributed by atoms with E-state index in [2.05, 4.69) is 24.1 Å². The van der Waals surface area contributed by atoms with Gasteiger partial charge in [0.05, 0.1) is 13.2 Å². The zero-order valence-electron chi connectivity index (χ0n) is 13.8. The maximum atomic E-state index is 6.13. The second kappa shape index (κ2) is 11.6. The average molecular weight is 404 g/mol. The number of ether oxygens (including phenoxy) is 1. The molecule has 0 saturated heterocycles. The van der Waals surface area contributed by atoms with E-state index in [1.807, 2.05) is 24.3 Å². The van der Waals surface area contributed by atoms with Crippen molar-refractivity contribution in [1.82, 2.24) is 10.2 Å². The summed E-state index contributed by atoms with van der Waals surface area (Å²) in [5, 5.41) is 3.35. The molecule has 0 heterocycles. The standard InChI is InChI=1S/C16H25Cl3N2O.ClH/c1-4-21(5-2)12-6-11-20-15(16(17,18)19)13-7-9-14(22-3)10-8-13;/h7-10,15,20H,4-6,11-12H2,1-3H3;1H. The highest BCUT2D eigenvalue weighted by Crippen LogP contribution is 2.40. The van der Waals surface area contributed by atoms with E-state index in [4.69, 9.17) is 39.5 Å². The van der Waals surface area contributed by atoms with Crippen LogP contribution in [0.5, 0.6) is 5.75 Å². The van der Waals surface area contributed by atoms with E-state index in [-0.39, 0.29) is 18.4 Å². The first-order valence-electron chi connectivity index (χ1n) is 7.58. The second-order valence-electron chi connectivity index (χ2n) is 5.08. The van der Waals surface area contributed by atoms with Crippen LogP contribution in [0.25, 0.3) is 0 Å². The molecule has 1 atom stereocenters. The Morgan fingerprint density at radius 1 is 1.13 bits per heavy atom. The topological polar surface area (TPSA) is 24.5 Å². The molecule has 1 aromatic rings. The third kappa shape index (κ3) is 8.15. The van der Waals surface area contributed by atoms with Crippen molar-refractivity contribution < 1.29 is 4.74 Å². The van der Waals surface area contributed by atoms with E-state index in [9.17, 15) is 0 Å². The van der Waals surface area contributed by atoms with Crippen molar-refractivity contribution >= 4 is 47.2 Å². The summed E-state index contributed by atoms with van der Waals surface area (Å²) in [5.41, 5.74) is 0.934. The van der Waals surface area contributed by atoms with Gasteiger partial charge in [-0.1, -0.05) is 60.8 Å². The number of benzene rings is 1. The van der Waals surface area contributed by atoms with E-state index >= 15 is 0 Å². The molecule has 7 heteroatoms. The van der Waals surface area contributed by atoms with Crippen LogP contribution in [0.2, 0.25) is 0 Å². The molecule has 0 saturated carbocycles. The highest BCUT2D eigenvalue weighted by molar-refractivity contribution is 6.68. The van der Waals surface area contributed by atoms with Gasteiger partial charge in [-0.3, -0.25) is 0 Å². The fourth-order valence-electron chi connectivity index (χ4n) is 2.31. The lowest BCUT2D eigenvalue weighted by Gasteiger charge is -2.27. The molecule has 0 aliphatic heterocycles. The first-order valence-corrected chi connectivity index (χ1v) is 8.72. The summed E-state index contributed by atoms with van der Waals surface area (Å²) in [6.45, 7) is 8.28. The van der Waals surface area contributed by atoms with Crippen molar-refractivity contribution in [3.8, 4) is 5.75 Å². The molecule has 3 nitrogen and oxygen atoms in total. The molecule has 0 spiro atoms. The zero-order chi connectivity index (χ0) is 16.6. The summed E-state index contributed by atoms with van der Waals surface area (Å²) >= 11 is 18.4. The van der Waals surface area contributed by atoms with Crippen LogP contribution in [0.3, 0.4) is 0 Å². The van der Waals surface area contributed by atoms with Gasteiger partial charge in [-0.15, -0.1) is 12.4 Å². The molecule has 1 N–H and O–H groups in total. The van der Waals surface area contributed by atoms with Crippen LogP contribution in [0.4, 0.5) is 0 Å². The molecular weight excluding hydrogens is 378 g/mol. The maximum Gasteiger partial charge on any atom is 0.209 e. The molecular formula is C16H26Cl4N2O. The fraction of sp³-hybridized carbons (Fsp3) is 0.625. The van der Waals surface area contributed by atoms with Crippen LogP contribution >= 0.6 is 47.2 Å². The molecule has 0 fully saturated rings. The average Bonchev–Trinajstić information content (AvgIpc) is 2.50. The van der Waals surface area contributed by atoms with Gasteiger partial charge in [0, 0.05) is 0 Å². The van der Waals surface area contributed by atoms with Crippen LogP contribution in [0.1, 0.15) is 31.9 Å². The quantitative estimate of drug-likeness (QED) is 0.471. The number of hydrogen-bond donors (Lipinski definition) is 1. The number of methoxy groups -OCH3 is 1. The van der Waals surface area contributed by atoms with E-state index in [0.717, 1.165) is 43.9 Å². The summed E-state index contributed by atoms with van der Waals surface area (Å²) in [6.07, 6.45) is 1.01. The van der Waals surface area contributed by atoms with E-state index in [1.54, 1.807) is 7.11 Å². The highest BCUT2D eigenvalue weighted by Gasteiger charge is 2.33. The predicted octanol–water partition coefficient (Wildman–Crippen LogP) is 4.85. The lowest BCUT2D eigenvalue weighted by atomic mass is 10.1. The monoisotopic (exact) mass is 402 g/mol. The molecule has 1 rings (SSSR count). The van der Waals surface area contributed by atoms with E-state index in [1.165, 1.54) is 0 Å². The lowest BCUT2D eigenvalue weighted by molar-refractivity contribution is 0.295. The summed E-state index contributed by atoms with van der Waals surface area (Å²) in [4.78, 5) is 2.37. The molecule has 0 bridgehead atoms. The van der Waals surface area contributed by atoms with Gasteiger partial charge in [0.2, 0.25) is 3.79 Å². The van der Waals surface area contributed by atoms with E-state index in [0.29, 0.717) is 0 Å². The largest absolute Gasteiger partial charge is 0.497 e. The molecule has 0 radical (unpaired) electrons. The number of nitrogens with one attached hydrogen (secondary N) is 1. The Balaban J connectivity index is 0.00000484. The molecule has 134 valence electrons. The van der Waals surface area contributed by atoms with Gasteiger partial charge in [-0.2, -0.15) is 0 Å². The summed E-state index contributed by atoms with van der Waals surface area (Å²) in [5.74, 6) is 0.786. The molecule has 1 unspecified atom stereocenters. The van der Waals surface area contributed by atoms with Crippen molar-refractivity contribution in [3.63, 3.8) is 0 Å². The molecule has 0 amide bonds. The first-order chi connectivity index (χ1) is 10.4. The number of halogens is 4. The Morgan fingerprint density at radius 3 is 2.13 bits per heavy atom. The van der Waals surface area contributed by atoms with Crippen LogP contribution in [0, 0.1) is 0 Å². The summed E-state index contributed by atoms with van der Waals surface area (Å²) in [6, 6.07) is 7.23. The molecule has 23 heavy (non-hydrogen) atoms. The summed E-state index contributed by atoms with van der Waals surface area (Å²) < 4.78 is 3.76. The van der Waals surface area contributed by atoms with Gasteiger partial charge >= 0.3 is 0 Å². The SMILES string of the molecule is CCN(CC)CCCNC(c1ccc(OC)cc1)C(Cl)(Cl)Cl.Cl. The van der Waals surface area contributed by atoms with Gasteiger partial charge in [-0.25, -0.2) is 0 Å². The zero-order valence-corrected chi connectivity index (χ0v) is 16.9. The van der Waals surface area contributed by atoms with E-state index < -0.39 is 3.79 Å². The third-order valence-corrected chi connectivity index (χ3v) is 4.33. The third-order valence-electron chi connectivity index (χ3n) is 3.67. The van der Waals surface area contributed by atoms with Gasteiger partial charge in [0.15, 0.2) is 0 Å². The number of alkyl halides is 3. The number of rotatable bonds is 9. The normalized spacial score (nSPS) is 12.8. The van der Waals surface area contributed by atoms with Crippen LogP contribution in [0.15, 0.2) is 24.3 Å². The minimum absolute atomic E-state index is 0. The highest BCUT2D eigenvalue weighted by atomic mass is 35.6. The maximum absolute atomic E-state index is 6.13. The number of nitrogens with zero attached hydrogens (tertiary/aromatic N) is 1. The van der Waals surface area contributed by atoms with Crippen molar-refractivity contribution in [2.24, 2.45) is 0 Å². The molecule has 0 aliphatic rings. The predicted molar refractivity (Wildman–Crippen MR) is 104 cm³/mol. The minimum Gasteiger partial charge on any atom is -0.497 e. The van der Waals surface area contributed by atoms with Gasteiger partial charge in [-0.05, 0) is 50.3 Å². The number of hydrogen-bond acceptors (Lipinski definition) is 3. The van der Waals surface area contributed by atoms with Gasteiger partial charge < -0.3 is 15.0 Å². The van der Waals surface area contributed by atoms with Crippen molar-refractivity contribution in [2.75, 3.05) is 33.3 Å². The van der Waals surface area contributed by atoms with Crippen LogP contribution in [-0.4, -0.2) is 42.0 Å². The fourth-order valence-corrected chi connectivity index (χ4v) is 2.92. The van der Waals surface area contributed by atoms with Gasteiger partial charge in [0.25, 0.3) is 0 Å². The Morgan fingerprint density at radius 2 is 1.70 bits per heavy atom. The molecule has 0 aliphatic carbocycles. The second-order valence-corrected chi connectivity index (χ2v) is 7.45. The summed E-state index contributed by atoms with van der Waals surface area (Å²) in [7, 11) is 1.63. The van der Waals surface area contributed by atoms with Crippen molar-refractivity contribution in [2.45, 2.75) is 30.1 Å². The first kappa shape index (κ1) is 23.1. The van der Waals surface area contributed by atoms with Crippen LogP contribution in [-0.2, 0) is 0 Å².